The smallest absolute Gasteiger partial charge is 0.321 e. The fourth-order valence-corrected chi connectivity index (χ4v) is 5.37. The number of hydrogen-bond acceptors (Lipinski definition) is 9. The normalized spacial score (nSPS) is 13.0. The van der Waals surface area contributed by atoms with E-state index in [4.69, 9.17) is 18.9 Å². The summed E-state index contributed by atoms with van der Waals surface area (Å²) in [6.07, 6.45) is 5.12. The number of nitrogens with one attached hydrogen (secondary N) is 1. The molecule has 1 aliphatic rings. The van der Waals surface area contributed by atoms with Crippen molar-refractivity contribution in [2.24, 2.45) is 0 Å². The molecule has 0 bridgehead atoms. The van der Waals surface area contributed by atoms with Gasteiger partial charge in [-0.15, -0.1) is 0 Å². The van der Waals surface area contributed by atoms with Gasteiger partial charge in [0.25, 0.3) is 0 Å². The number of amides is 2. The number of fused-ring (bicyclic) bond motifs is 2. The van der Waals surface area contributed by atoms with E-state index in [0.29, 0.717) is 73.4 Å². The number of carbonyl (C=O) groups is 1. The van der Waals surface area contributed by atoms with E-state index in [9.17, 15) is 10.1 Å². The molecule has 1 N–H and O–H groups in total. The van der Waals surface area contributed by atoms with Crippen molar-refractivity contribution in [1.82, 2.24) is 14.9 Å². The average molecular weight is 605 g/mol. The van der Waals surface area contributed by atoms with Crippen LogP contribution >= 0.6 is 0 Å². The molecule has 0 spiro atoms. The number of hydrogen-bond donors (Lipinski definition) is 1. The number of anilines is 2. The van der Waals surface area contributed by atoms with Crippen LogP contribution in [0.5, 0.6) is 23.0 Å². The summed E-state index contributed by atoms with van der Waals surface area (Å²) >= 11 is 0. The number of carbonyl (C=O) groups excluding carboxylic acids is 1. The highest BCUT2D eigenvalue weighted by Crippen LogP contribution is 2.38. The lowest BCUT2D eigenvalue weighted by atomic mass is 10.1. The molecule has 0 aliphatic carbocycles. The number of piperazine rings is 1. The Morgan fingerprint density at radius 1 is 0.933 bits per heavy atom. The number of methoxy groups -OCH3 is 2. The molecule has 0 atom stereocenters. The number of nitriles is 1. The number of aromatic nitrogens is 2. The summed E-state index contributed by atoms with van der Waals surface area (Å²) in [5, 5.41) is 15.7. The molecule has 11 heteroatoms. The second-order valence-corrected chi connectivity index (χ2v) is 10.4. The van der Waals surface area contributed by atoms with E-state index in [1.54, 1.807) is 37.7 Å². The zero-order valence-electron chi connectivity index (χ0n) is 25.0. The van der Waals surface area contributed by atoms with Gasteiger partial charge in [0.2, 0.25) is 0 Å². The van der Waals surface area contributed by atoms with Gasteiger partial charge < -0.3 is 34.1 Å². The maximum atomic E-state index is 13.2. The third-order valence-electron chi connectivity index (χ3n) is 7.65. The summed E-state index contributed by atoms with van der Waals surface area (Å²) < 4.78 is 22.6. The van der Waals surface area contributed by atoms with Crippen molar-refractivity contribution in [1.29, 1.82) is 5.26 Å². The fraction of sp³-hybridized carbons (Fsp3) is 0.235. The van der Waals surface area contributed by atoms with Crippen molar-refractivity contribution in [3.8, 4) is 29.1 Å². The maximum absolute atomic E-state index is 13.2. The number of ether oxygens (including phenoxy) is 4. The predicted molar refractivity (Wildman–Crippen MR) is 171 cm³/mol. The lowest BCUT2D eigenvalue weighted by molar-refractivity contribution is 0.144. The van der Waals surface area contributed by atoms with Crippen LogP contribution in [0.3, 0.4) is 0 Å². The zero-order chi connectivity index (χ0) is 31.2. The Labute approximate surface area is 260 Å². The monoisotopic (exact) mass is 604 g/mol. The summed E-state index contributed by atoms with van der Waals surface area (Å²) in [7, 11) is 3.19. The molecule has 45 heavy (non-hydrogen) atoms. The number of nitrogens with zero attached hydrogens (tertiary/aromatic N) is 5. The van der Waals surface area contributed by atoms with Crippen LogP contribution in [0.2, 0.25) is 0 Å². The first-order valence-electron chi connectivity index (χ1n) is 14.5. The molecule has 5 aromatic rings. The van der Waals surface area contributed by atoms with Crippen molar-refractivity contribution in [3.05, 3.63) is 84.8 Å². The molecule has 228 valence electrons. The standard InChI is InChI=1S/C34H32N6O5/c1-42-16-17-44-32-19-29-28(18-31(32)43-2)33(24(20-35)22-37-29)39-12-14-40(15-13-39)34(41)38-25-6-8-26(9-7-25)45-30-5-3-4-23-21-36-11-10-27(23)30/h3-11,18-19,21-22H,12-17H2,1-2H3,(H,38,41). The van der Waals surface area contributed by atoms with E-state index < -0.39 is 0 Å². The number of benzene rings is 3. The fourth-order valence-electron chi connectivity index (χ4n) is 5.37. The molecule has 3 aromatic carbocycles. The summed E-state index contributed by atoms with van der Waals surface area (Å²) in [5.41, 5.74) is 2.57. The van der Waals surface area contributed by atoms with Crippen LogP contribution in [0.15, 0.2) is 79.3 Å². The summed E-state index contributed by atoms with van der Waals surface area (Å²) in [4.78, 5) is 25.7. The molecule has 3 heterocycles. The Balaban J connectivity index is 1.11. The van der Waals surface area contributed by atoms with Gasteiger partial charge >= 0.3 is 6.03 Å². The molecule has 0 radical (unpaired) electrons. The highest BCUT2D eigenvalue weighted by atomic mass is 16.5. The lowest BCUT2D eigenvalue weighted by Gasteiger charge is -2.36. The number of urea groups is 1. The van der Waals surface area contributed by atoms with E-state index in [0.717, 1.165) is 27.6 Å². The molecule has 6 rings (SSSR count). The highest BCUT2D eigenvalue weighted by molar-refractivity contribution is 5.97. The molecule has 1 fully saturated rings. The molecular weight excluding hydrogens is 572 g/mol. The zero-order valence-corrected chi connectivity index (χ0v) is 25.0. The largest absolute Gasteiger partial charge is 0.493 e. The minimum atomic E-state index is -0.190. The van der Waals surface area contributed by atoms with Crippen molar-refractivity contribution in [3.63, 3.8) is 0 Å². The molecule has 0 unspecified atom stereocenters. The van der Waals surface area contributed by atoms with Crippen molar-refractivity contribution in [2.75, 3.05) is 63.8 Å². The van der Waals surface area contributed by atoms with Gasteiger partial charge in [0.1, 0.15) is 24.2 Å². The maximum Gasteiger partial charge on any atom is 0.321 e. The summed E-state index contributed by atoms with van der Waals surface area (Å²) in [6.45, 7) is 2.85. The van der Waals surface area contributed by atoms with Crippen LogP contribution in [0.4, 0.5) is 16.2 Å². The van der Waals surface area contributed by atoms with Crippen LogP contribution < -0.4 is 24.4 Å². The van der Waals surface area contributed by atoms with Crippen LogP contribution in [0.1, 0.15) is 5.56 Å². The molecule has 2 amide bonds. The molecule has 0 saturated carbocycles. The number of pyridine rings is 2. The Bertz CT molecular complexity index is 1860. The highest BCUT2D eigenvalue weighted by Gasteiger charge is 2.25. The van der Waals surface area contributed by atoms with Gasteiger partial charge in [0, 0.05) is 79.8 Å². The van der Waals surface area contributed by atoms with Gasteiger partial charge in [-0.3, -0.25) is 9.97 Å². The topological polar surface area (TPSA) is 122 Å². The van der Waals surface area contributed by atoms with Crippen LogP contribution in [-0.2, 0) is 4.74 Å². The van der Waals surface area contributed by atoms with Gasteiger partial charge in [0.15, 0.2) is 11.5 Å². The third kappa shape index (κ3) is 6.37. The van der Waals surface area contributed by atoms with Gasteiger partial charge in [-0.05, 0) is 42.5 Å². The van der Waals surface area contributed by atoms with Gasteiger partial charge in [0.05, 0.1) is 30.5 Å². The SMILES string of the molecule is COCCOc1cc2ncc(C#N)c(N3CCN(C(=O)Nc4ccc(Oc5cccc6cnccc56)cc4)CC3)c2cc1OC. The first kappa shape index (κ1) is 29.5. The number of rotatable bonds is 9. The minimum absolute atomic E-state index is 0.190. The van der Waals surface area contributed by atoms with Crippen molar-refractivity contribution >= 4 is 39.1 Å². The van der Waals surface area contributed by atoms with Crippen LogP contribution in [0.25, 0.3) is 21.7 Å². The quantitative estimate of drug-likeness (QED) is 0.207. The van der Waals surface area contributed by atoms with E-state index in [-0.39, 0.29) is 6.03 Å². The minimum Gasteiger partial charge on any atom is -0.493 e. The Hall–Kier alpha value is -5.60. The van der Waals surface area contributed by atoms with E-state index in [1.165, 1.54) is 0 Å². The lowest BCUT2D eigenvalue weighted by Crippen LogP contribution is -2.50. The Kier molecular flexibility index (Phi) is 8.75. The molecule has 2 aromatic heterocycles. The van der Waals surface area contributed by atoms with Crippen LogP contribution in [-0.4, -0.2) is 74.5 Å². The van der Waals surface area contributed by atoms with E-state index >= 15 is 0 Å². The molecule has 1 aliphatic heterocycles. The van der Waals surface area contributed by atoms with E-state index in [2.05, 4.69) is 26.3 Å². The first-order valence-corrected chi connectivity index (χ1v) is 14.5. The summed E-state index contributed by atoms with van der Waals surface area (Å²) in [6, 6.07) is 20.8. The average Bonchev–Trinajstić information content (AvgIpc) is 3.08. The van der Waals surface area contributed by atoms with Crippen LogP contribution in [0, 0.1) is 11.3 Å². The van der Waals surface area contributed by atoms with Gasteiger partial charge in [-0.25, -0.2) is 4.79 Å². The van der Waals surface area contributed by atoms with Gasteiger partial charge in [-0.2, -0.15) is 5.26 Å². The Morgan fingerprint density at radius 3 is 2.51 bits per heavy atom. The third-order valence-corrected chi connectivity index (χ3v) is 7.65. The molecule has 11 nitrogen and oxygen atoms in total. The second kappa shape index (κ2) is 13.4. The predicted octanol–water partition coefficient (Wildman–Crippen LogP) is 5.83. The second-order valence-electron chi connectivity index (χ2n) is 10.4. The van der Waals surface area contributed by atoms with Crippen molar-refractivity contribution < 1.29 is 23.7 Å². The van der Waals surface area contributed by atoms with E-state index in [1.807, 2.05) is 60.7 Å². The van der Waals surface area contributed by atoms with Crippen molar-refractivity contribution in [2.45, 2.75) is 0 Å². The summed E-state index contributed by atoms with van der Waals surface area (Å²) in [5.74, 6) is 2.49. The molecule has 1 saturated heterocycles. The first-order chi connectivity index (χ1) is 22.1. The molecular formula is C34H32N6O5. The Morgan fingerprint density at radius 2 is 1.76 bits per heavy atom. The van der Waals surface area contributed by atoms with Gasteiger partial charge in [-0.1, -0.05) is 12.1 Å².